The van der Waals surface area contributed by atoms with Crippen molar-refractivity contribution >= 4 is 11.8 Å². The second-order valence-corrected chi connectivity index (χ2v) is 4.24. The molecule has 0 atom stereocenters. The first kappa shape index (κ1) is 10.2. The molecule has 0 aromatic heterocycles. The van der Waals surface area contributed by atoms with Crippen LogP contribution in [0.5, 0.6) is 0 Å². The molecule has 1 rings (SSSR count). The number of rotatable bonds is 4. The maximum atomic E-state index is 11.4. The Hall–Kier alpha value is -0.860. The monoisotopic (exact) mass is 184 g/mol. The van der Waals surface area contributed by atoms with Crippen molar-refractivity contribution in [3.05, 3.63) is 0 Å². The van der Waals surface area contributed by atoms with Crippen molar-refractivity contribution in [1.82, 2.24) is 0 Å². The Labute approximate surface area is 78.1 Å². The van der Waals surface area contributed by atoms with Gasteiger partial charge in [0.05, 0.1) is 5.41 Å². The highest BCUT2D eigenvalue weighted by molar-refractivity contribution is 5.87. The topological polar surface area (TPSA) is 54.4 Å². The molecule has 74 valence electrons. The van der Waals surface area contributed by atoms with Gasteiger partial charge in [0.1, 0.15) is 5.78 Å². The van der Waals surface area contributed by atoms with E-state index in [4.69, 9.17) is 5.11 Å². The van der Waals surface area contributed by atoms with Gasteiger partial charge >= 0.3 is 5.97 Å². The third-order valence-corrected chi connectivity index (χ3v) is 2.92. The molecule has 1 saturated carbocycles. The first-order valence-corrected chi connectivity index (χ1v) is 4.74. The summed E-state index contributed by atoms with van der Waals surface area (Å²) in [6, 6.07) is 0. The molecule has 1 fully saturated rings. The van der Waals surface area contributed by atoms with Crippen LogP contribution in [0.3, 0.4) is 0 Å². The van der Waals surface area contributed by atoms with Crippen molar-refractivity contribution in [2.24, 2.45) is 11.3 Å². The van der Waals surface area contributed by atoms with Crippen molar-refractivity contribution < 1.29 is 14.7 Å². The van der Waals surface area contributed by atoms with Crippen molar-refractivity contribution in [2.75, 3.05) is 0 Å². The molecule has 1 aliphatic carbocycles. The Kier molecular flexibility index (Phi) is 2.74. The molecule has 0 heterocycles. The number of Topliss-reactive ketones (excluding diaryl/α,β-unsaturated/α-hetero) is 1. The van der Waals surface area contributed by atoms with Gasteiger partial charge in [-0.1, -0.05) is 20.3 Å². The number of aliphatic carboxylic acids is 1. The summed E-state index contributed by atoms with van der Waals surface area (Å²) in [6.07, 6.45) is 2.50. The van der Waals surface area contributed by atoms with Crippen molar-refractivity contribution in [1.29, 1.82) is 0 Å². The van der Waals surface area contributed by atoms with Crippen LogP contribution in [0, 0.1) is 11.3 Å². The van der Waals surface area contributed by atoms with E-state index >= 15 is 0 Å². The van der Waals surface area contributed by atoms with Crippen LogP contribution in [0.1, 0.15) is 39.5 Å². The highest BCUT2D eigenvalue weighted by atomic mass is 16.4. The zero-order valence-corrected chi connectivity index (χ0v) is 8.17. The van der Waals surface area contributed by atoms with E-state index in [1.807, 2.05) is 13.8 Å². The minimum absolute atomic E-state index is 0.0446. The predicted octanol–water partition coefficient (Wildman–Crippen LogP) is 1.86. The molecule has 0 saturated heterocycles. The van der Waals surface area contributed by atoms with Crippen LogP contribution in [-0.4, -0.2) is 16.9 Å². The highest BCUT2D eigenvalue weighted by Crippen LogP contribution is 2.44. The number of carboxylic acids is 1. The van der Waals surface area contributed by atoms with Gasteiger partial charge in [-0.2, -0.15) is 0 Å². The molecule has 13 heavy (non-hydrogen) atoms. The zero-order valence-electron chi connectivity index (χ0n) is 8.17. The quantitative estimate of drug-likeness (QED) is 0.725. The lowest BCUT2D eigenvalue weighted by molar-refractivity contribution is -0.157. The SMILES string of the molecule is CC(C)C(=O)CC1(C(=O)O)CCC1. The molecule has 0 aromatic rings. The number of carbonyl (C=O) groups is 2. The molecule has 3 heteroatoms. The van der Waals surface area contributed by atoms with Crippen LogP contribution in [0.15, 0.2) is 0 Å². The van der Waals surface area contributed by atoms with Gasteiger partial charge < -0.3 is 5.11 Å². The van der Waals surface area contributed by atoms with E-state index in [1.165, 1.54) is 0 Å². The van der Waals surface area contributed by atoms with Crippen molar-refractivity contribution in [3.63, 3.8) is 0 Å². The highest BCUT2D eigenvalue weighted by Gasteiger charge is 2.45. The van der Waals surface area contributed by atoms with Crippen LogP contribution in [0.4, 0.5) is 0 Å². The molecule has 0 aromatic carbocycles. The summed E-state index contributed by atoms with van der Waals surface area (Å²) in [5.41, 5.74) is -0.707. The van der Waals surface area contributed by atoms with E-state index in [0.717, 1.165) is 6.42 Å². The van der Waals surface area contributed by atoms with Crippen LogP contribution in [0.25, 0.3) is 0 Å². The van der Waals surface area contributed by atoms with Gasteiger partial charge in [-0.3, -0.25) is 9.59 Å². The van der Waals surface area contributed by atoms with Crippen LogP contribution in [-0.2, 0) is 9.59 Å². The molecular formula is C10H16O3. The molecule has 0 bridgehead atoms. The second-order valence-electron chi connectivity index (χ2n) is 4.24. The lowest BCUT2D eigenvalue weighted by atomic mass is 9.65. The van der Waals surface area contributed by atoms with E-state index in [2.05, 4.69) is 0 Å². The number of hydrogen-bond donors (Lipinski definition) is 1. The summed E-state index contributed by atoms with van der Waals surface area (Å²) >= 11 is 0. The van der Waals surface area contributed by atoms with E-state index in [1.54, 1.807) is 0 Å². The minimum Gasteiger partial charge on any atom is -0.481 e. The average Bonchev–Trinajstić information content (AvgIpc) is 1.95. The third kappa shape index (κ3) is 1.90. The number of ketones is 1. The molecular weight excluding hydrogens is 168 g/mol. The fraction of sp³-hybridized carbons (Fsp3) is 0.800. The molecule has 1 aliphatic rings. The van der Waals surface area contributed by atoms with Crippen LogP contribution < -0.4 is 0 Å². The summed E-state index contributed by atoms with van der Waals surface area (Å²) in [5.74, 6) is -0.772. The number of carboxylic acid groups (broad SMARTS) is 1. The minimum atomic E-state index is -0.798. The van der Waals surface area contributed by atoms with Gasteiger partial charge in [0.25, 0.3) is 0 Å². The maximum absolute atomic E-state index is 11.4. The maximum Gasteiger partial charge on any atom is 0.310 e. The Balaban J connectivity index is 2.59. The standard InChI is InChI=1S/C10H16O3/c1-7(2)8(11)6-10(9(12)13)4-3-5-10/h7H,3-6H2,1-2H3,(H,12,13). The van der Waals surface area contributed by atoms with Crippen molar-refractivity contribution in [2.45, 2.75) is 39.5 Å². The zero-order chi connectivity index (χ0) is 10.1. The Morgan fingerprint density at radius 2 is 1.92 bits per heavy atom. The van der Waals surface area contributed by atoms with E-state index < -0.39 is 11.4 Å². The molecule has 0 radical (unpaired) electrons. The largest absolute Gasteiger partial charge is 0.481 e. The first-order chi connectivity index (χ1) is 5.98. The predicted molar refractivity (Wildman–Crippen MR) is 48.4 cm³/mol. The first-order valence-electron chi connectivity index (χ1n) is 4.74. The normalized spacial score (nSPS) is 19.6. The Bertz CT molecular complexity index is 226. The smallest absolute Gasteiger partial charge is 0.310 e. The number of carbonyl (C=O) groups excluding carboxylic acids is 1. The molecule has 0 aliphatic heterocycles. The van der Waals surface area contributed by atoms with Crippen LogP contribution in [0.2, 0.25) is 0 Å². The van der Waals surface area contributed by atoms with Gasteiger partial charge in [0.2, 0.25) is 0 Å². The van der Waals surface area contributed by atoms with Gasteiger partial charge in [0.15, 0.2) is 0 Å². The fourth-order valence-corrected chi connectivity index (χ4v) is 1.61. The molecule has 1 N–H and O–H groups in total. The van der Waals surface area contributed by atoms with Gasteiger partial charge in [-0.25, -0.2) is 0 Å². The summed E-state index contributed by atoms with van der Waals surface area (Å²) < 4.78 is 0. The summed E-state index contributed by atoms with van der Waals surface area (Å²) in [7, 11) is 0. The summed E-state index contributed by atoms with van der Waals surface area (Å²) in [6.45, 7) is 3.63. The van der Waals surface area contributed by atoms with Gasteiger partial charge in [-0.05, 0) is 12.8 Å². The number of hydrogen-bond acceptors (Lipinski definition) is 2. The van der Waals surface area contributed by atoms with Gasteiger partial charge in [-0.15, -0.1) is 0 Å². The second kappa shape index (κ2) is 3.48. The summed E-state index contributed by atoms with van der Waals surface area (Å²) in [4.78, 5) is 22.3. The summed E-state index contributed by atoms with van der Waals surface area (Å²) in [5, 5.41) is 8.96. The lowest BCUT2D eigenvalue weighted by Gasteiger charge is -2.37. The van der Waals surface area contributed by atoms with E-state index in [9.17, 15) is 9.59 Å². The van der Waals surface area contributed by atoms with E-state index in [-0.39, 0.29) is 18.1 Å². The molecule has 3 nitrogen and oxygen atoms in total. The Morgan fingerprint density at radius 1 is 1.38 bits per heavy atom. The lowest BCUT2D eigenvalue weighted by Crippen LogP contribution is -2.40. The van der Waals surface area contributed by atoms with Crippen LogP contribution >= 0.6 is 0 Å². The van der Waals surface area contributed by atoms with Gasteiger partial charge in [0, 0.05) is 12.3 Å². The Morgan fingerprint density at radius 3 is 2.15 bits per heavy atom. The van der Waals surface area contributed by atoms with Crippen molar-refractivity contribution in [3.8, 4) is 0 Å². The third-order valence-electron chi connectivity index (χ3n) is 2.92. The molecule has 0 amide bonds. The average molecular weight is 184 g/mol. The fourth-order valence-electron chi connectivity index (χ4n) is 1.61. The van der Waals surface area contributed by atoms with E-state index in [0.29, 0.717) is 12.8 Å². The molecule has 0 spiro atoms. The molecule has 0 unspecified atom stereocenters.